The Morgan fingerprint density at radius 1 is 0.800 bits per heavy atom. The Morgan fingerprint density at radius 2 is 1.30 bits per heavy atom. The highest BCUT2D eigenvalue weighted by molar-refractivity contribution is 5.18. The van der Waals surface area contributed by atoms with Gasteiger partial charge in [0.2, 0.25) is 0 Å². The predicted octanol–water partition coefficient (Wildman–Crippen LogP) is -1.50. The smallest absolute Gasteiger partial charge is 0.0654 e. The van der Waals surface area contributed by atoms with Gasteiger partial charge in [0.25, 0.3) is 0 Å². The van der Waals surface area contributed by atoms with E-state index in [1.807, 2.05) is 0 Å². The number of rotatable bonds is 0. The first kappa shape index (κ1) is 6.00. The maximum absolute atomic E-state index is 3.26. The van der Waals surface area contributed by atoms with Crippen molar-refractivity contribution in [2.75, 3.05) is 26.4 Å². The first-order chi connectivity index (χ1) is 4.97. The van der Waals surface area contributed by atoms with Crippen molar-refractivity contribution in [2.24, 2.45) is 0 Å². The first-order valence-electron chi connectivity index (χ1n) is 3.58. The summed E-state index contributed by atoms with van der Waals surface area (Å²) in [6, 6.07) is 0. The zero-order valence-corrected chi connectivity index (χ0v) is 5.83. The molecule has 0 aromatic carbocycles. The molecule has 2 aliphatic rings. The molecule has 0 aromatic rings. The Morgan fingerprint density at radius 3 is 1.80 bits per heavy atom. The van der Waals surface area contributed by atoms with Crippen LogP contribution in [0.4, 0.5) is 0 Å². The van der Waals surface area contributed by atoms with E-state index in [4.69, 9.17) is 0 Å². The van der Waals surface area contributed by atoms with Crippen LogP contribution in [-0.4, -0.2) is 26.4 Å². The van der Waals surface area contributed by atoms with Gasteiger partial charge in [-0.3, -0.25) is 10.6 Å². The molecule has 0 aliphatic carbocycles. The van der Waals surface area contributed by atoms with Crippen molar-refractivity contribution in [1.29, 1.82) is 0 Å². The van der Waals surface area contributed by atoms with Gasteiger partial charge in [0.15, 0.2) is 0 Å². The average Bonchev–Trinajstić information content (AvgIpc) is 2.05. The lowest BCUT2D eigenvalue weighted by Gasteiger charge is -2.28. The Kier molecular flexibility index (Phi) is 1.49. The zero-order chi connectivity index (χ0) is 6.81. The molecule has 0 amide bonds. The van der Waals surface area contributed by atoms with E-state index in [-0.39, 0.29) is 0 Å². The SMILES string of the molecule is C1NCC2=C(CNCN2)N1. The average molecular weight is 140 g/mol. The summed E-state index contributed by atoms with van der Waals surface area (Å²) in [6.45, 7) is 3.73. The number of nitrogens with one attached hydrogen (secondary N) is 4. The van der Waals surface area contributed by atoms with Crippen molar-refractivity contribution in [3.05, 3.63) is 11.4 Å². The van der Waals surface area contributed by atoms with Gasteiger partial charge in [0.05, 0.1) is 13.3 Å². The second kappa shape index (κ2) is 2.48. The van der Waals surface area contributed by atoms with Gasteiger partial charge in [-0.2, -0.15) is 0 Å². The largest absolute Gasteiger partial charge is 0.373 e. The molecule has 4 nitrogen and oxygen atoms in total. The molecule has 0 unspecified atom stereocenters. The maximum Gasteiger partial charge on any atom is 0.0654 e. The van der Waals surface area contributed by atoms with Crippen molar-refractivity contribution in [3.63, 3.8) is 0 Å². The molecule has 0 atom stereocenters. The van der Waals surface area contributed by atoms with Crippen LogP contribution in [-0.2, 0) is 0 Å². The molecule has 0 radical (unpaired) electrons. The Hall–Kier alpha value is -0.740. The molecule has 2 rings (SSSR count). The fourth-order valence-electron chi connectivity index (χ4n) is 1.27. The third-order valence-corrected chi connectivity index (χ3v) is 1.82. The van der Waals surface area contributed by atoms with Crippen molar-refractivity contribution >= 4 is 0 Å². The molecular weight excluding hydrogens is 128 g/mol. The zero-order valence-electron chi connectivity index (χ0n) is 5.83. The summed E-state index contributed by atoms with van der Waals surface area (Å²) in [5.74, 6) is 0. The second-order valence-corrected chi connectivity index (χ2v) is 2.52. The Balaban J connectivity index is 2.14. The molecule has 0 bridgehead atoms. The minimum Gasteiger partial charge on any atom is -0.373 e. The van der Waals surface area contributed by atoms with Crippen LogP contribution in [0.2, 0.25) is 0 Å². The van der Waals surface area contributed by atoms with Crippen LogP contribution in [0.3, 0.4) is 0 Å². The molecule has 0 saturated carbocycles. The number of hydrogen-bond acceptors (Lipinski definition) is 4. The molecule has 10 heavy (non-hydrogen) atoms. The van der Waals surface area contributed by atoms with Crippen LogP contribution < -0.4 is 21.3 Å². The highest BCUT2D eigenvalue weighted by Crippen LogP contribution is 2.01. The molecule has 0 fully saturated rings. The van der Waals surface area contributed by atoms with Gasteiger partial charge in [-0.05, 0) is 0 Å². The monoisotopic (exact) mass is 140 g/mol. The molecule has 0 aromatic heterocycles. The maximum atomic E-state index is 3.26. The summed E-state index contributed by atoms with van der Waals surface area (Å²) < 4.78 is 0. The minimum atomic E-state index is 0.891. The van der Waals surface area contributed by atoms with E-state index in [1.54, 1.807) is 0 Å². The van der Waals surface area contributed by atoms with Gasteiger partial charge in [0.1, 0.15) is 0 Å². The van der Waals surface area contributed by atoms with Crippen LogP contribution in [0.1, 0.15) is 0 Å². The molecule has 4 heteroatoms. The molecule has 2 heterocycles. The molecule has 4 N–H and O–H groups in total. The van der Waals surface area contributed by atoms with Crippen molar-refractivity contribution in [2.45, 2.75) is 0 Å². The quantitative estimate of drug-likeness (QED) is 0.331. The fraction of sp³-hybridized carbons (Fsp3) is 0.667. The van der Waals surface area contributed by atoms with Crippen LogP contribution in [0, 0.1) is 0 Å². The van der Waals surface area contributed by atoms with Gasteiger partial charge in [-0.1, -0.05) is 0 Å². The van der Waals surface area contributed by atoms with Crippen molar-refractivity contribution < 1.29 is 0 Å². The van der Waals surface area contributed by atoms with Gasteiger partial charge in [-0.25, -0.2) is 0 Å². The van der Waals surface area contributed by atoms with Crippen LogP contribution >= 0.6 is 0 Å². The summed E-state index contributed by atoms with van der Waals surface area (Å²) >= 11 is 0. The Bertz CT molecular complexity index is 129. The van der Waals surface area contributed by atoms with E-state index >= 15 is 0 Å². The topological polar surface area (TPSA) is 48.1 Å². The summed E-state index contributed by atoms with van der Waals surface area (Å²) in [5, 5.41) is 13.0. The summed E-state index contributed by atoms with van der Waals surface area (Å²) in [6.07, 6.45) is 0. The van der Waals surface area contributed by atoms with E-state index in [0.29, 0.717) is 0 Å². The lowest BCUT2D eigenvalue weighted by molar-refractivity contribution is 0.503. The first-order valence-corrected chi connectivity index (χ1v) is 3.58. The van der Waals surface area contributed by atoms with Crippen molar-refractivity contribution in [3.8, 4) is 0 Å². The molecular formula is C6H12N4. The van der Waals surface area contributed by atoms with Crippen molar-refractivity contribution in [1.82, 2.24) is 21.3 Å². The van der Waals surface area contributed by atoms with E-state index in [0.717, 1.165) is 26.4 Å². The lowest BCUT2D eigenvalue weighted by Crippen LogP contribution is -2.49. The molecule has 0 saturated heterocycles. The highest BCUT2D eigenvalue weighted by atomic mass is 15.2. The van der Waals surface area contributed by atoms with E-state index in [9.17, 15) is 0 Å². The lowest BCUT2D eigenvalue weighted by atomic mass is 10.2. The molecule has 0 spiro atoms. The Labute approximate surface area is 60.1 Å². The van der Waals surface area contributed by atoms with E-state index < -0.39 is 0 Å². The van der Waals surface area contributed by atoms with Gasteiger partial charge in [-0.15, -0.1) is 0 Å². The third-order valence-electron chi connectivity index (χ3n) is 1.82. The van der Waals surface area contributed by atoms with Crippen LogP contribution in [0.25, 0.3) is 0 Å². The predicted molar refractivity (Wildman–Crippen MR) is 39.0 cm³/mol. The minimum absolute atomic E-state index is 0.891. The summed E-state index contributed by atoms with van der Waals surface area (Å²) in [7, 11) is 0. The third kappa shape index (κ3) is 0.955. The fourth-order valence-corrected chi connectivity index (χ4v) is 1.27. The van der Waals surface area contributed by atoms with Gasteiger partial charge < -0.3 is 10.6 Å². The summed E-state index contributed by atoms with van der Waals surface area (Å²) in [4.78, 5) is 0. The standard InChI is InChI=1S/C6H12N4/c1-5-6(10-3-7-1)2-8-4-9-5/h7-10H,1-4H2. The normalized spacial score (nSPS) is 24.8. The van der Waals surface area contributed by atoms with Gasteiger partial charge >= 0.3 is 0 Å². The highest BCUT2D eigenvalue weighted by Gasteiger charge is 2.13. The van der Waals surface area contributed by atoms with Crippen LogP contribution in [0.5, 0.6) is 0 Å². The van der Waals surface area contributed by atoms with Gasteiger partial charge in [0, 0.05) is 24.5 Å². The second-order valence-electron chi connectivity index (χ2n) is 2.52. The number of hydrogen-bond donors (Lipinski definition) is 4. The molecule has 2 aliphatic heterocycles. The van der Waals surface area contributed by atoms with Crippen LogP contribution in [0.15, 0.2) is 11.4 Å². The van der Waals surface area contributed by atoms with E-state index in [2.05, 4.69) is 21.3 Å². The van der Waals surface area contributed by atoms with E-state index in [1.165, 1.54) is 11.4 Å². The summed E-state index contributed by atoms with van der Waals surface area (Å²) in [5.41, 5.74) is 2.62. The molecule has 56 valence electrons.